The lowest BCUT2D eigenvalue weighted by atomic mass is 9.89. The molecule has 0 saturated carbocycles. The van der Waals surface area contributed by atoms with Crippen molar-refractivity contribution in [2.45, 2.75) is 64.6 Å². The molecule has 4 rings (SSSR count). The molecule has 1 aromatic carbocycles. The Labute approximate surface area is 183 Å². The third kappa shape index (κ3) is 4.45. The van der Waals surface area contributed by atoms with Crippen molar-refractivity contribution in [2.75, 3.05) is 26.3 Å². The highest BCUT2D eigenvalue weighted by atomic mass is 35.5. The molecule has 6 nitrogen and oxygen atoms in total. The fourth-order valence-corrected chi connectivity index (χ4v) is 5.01. The first-order chi connectivity index (χ1) is 14.2. The van der Waals surface area contributed by atoms with Crippen molar-refractivity contribution < 1.29 is 19.1 Å². The van der Waals surface area contributed by atoms with Crippen LogP contribution in [0.15, 0.2) is 12.1 Å². The molecule has 30 heavy (non-hydrogen) atoms. The minimum Gasteiger partial charge on any atom is -0.444 e. The van der Waals surface area contributed by atoms with E-state index in [-0.39, 0.29) is 24.0 Å². The second-order valence-corrected chi connectivity index (χ2v) is 9.97. The van der Waals surface area contributed by atoms with Crippen molar-refractivity contribution in [2.24, 2.45) is 5.92 Å². The average molecular weight is 435 g/mol. The summed E-state index contributed by atoms with van der Waals surface area (Å²) in [5.74, 6) is 0.140. The van der Waals surface area contributed by atoms with Gasteiger partial charge in [0.2, 0.25) is 5.91 Å². The van der Waals surface area contributed by atoms with Crippen LogP contribution in [0.5, 0.6) is 0 Å². The predicted octanol–water partition coefficient (Wildman–Crippen LogP) is 4.33. The monoisotopic (exact) mass is 434 g/mol. The summed E-state index contributed by atoms with van der Waals surface area (Å²) in [6, 6.07) is 3.91. The number of nitrogens with zero attached hydrogens (tertiary/aromatic N) is 2. The Morgan fingerprint density at radius 2 is 2.00 bits per heavy atom. The molecule has 2 fully saturated rings. The predicted molar refractivity (Wildman–Crippen MR) is 114 cm³/mol. The number of fused-ring (bicyclic) bond motifs is 1. The molecule has 1 aromatic rings. The molecule has 0 aromatic heterocycles. The lowest BCUT2D eigenvalue weighted by molar-refractivity contribution is -0.136. The number of carbonyl (C=O) groups is 2. The lowest BCUT2D eigenvalue weighted by Gasteiger charge is -2.35. The van der Waals surface area contributed by atoms with E-state index >= 15 is 0 Å². The van der Waals surface area contributed by atoms with Crippen molar-refractivity contribution in [3.05, 3.63) is 33.8 Å². The molecule has 2 saturated heterocycles. The molecule has 3 aliphatic heterocycles. The molecule has 164 valence electrons. The number of halogens is 1. The quantitative estimate of drug-likeness (QED) is 0.695. The number of likely N-dealkylation sites (tertiary alicyclic amines) is 1. The van der Waals surface area contributed by atoms with Crippen LogP contribution in [-0.4, -0.2) is 53.7 Å². The second kappa shape index (κ2) is 8.39. The summed E-state index contributed by atoms with van der Waals surface area (Å²) in [7, 11) is 0. The summed E-state index contributed by atoms with van der Waals surface area (Å²) in [6.45, 7) is 8.76. The van der Waals surface area contributed by atoms with Crippen LogP contribution in [0.3, 0.4) is 0 Å². The van der Waals surface area contributed by atoms with Crippen molar-refractivity contribution in [1.29, 1.82) is 0 Å². The minimum absolute atomic E-state index is 0.0351. The van der Waals surface area contributed by atoms with E-state index in [1.54, 1.807) is 0 Å². The molecule has 3 aliphatic rings. The molecule has 3 heterocycles. The molecular formula is C23H31ClN2O4. The number of rotatable bonds is 2. The average Bonchev–Trinajstić information content (AvgIpc) is 3.37. The van der Waals surface area contributed by atoms with Crippen LogP contribution >= 0.6 is 11.6 Å². The minimum atomic E-state index is -0.537. The first-order valence-electron chi connectivity index (χ1n) is 10.9. The molecule has 0 spiro atoms. The number of hydrogen-bond donors (Lipinski definition) is 0. The van der Waals surface area contributed by atoms with E-state index in [1.807, 2.05) is 42.7 Å². The van der Waals surface area contributed by atoms with Crippen LogP contribution in [-0.2, 0) is 27.2 Å². The second-order valence-electron chi connectivity index (χ2n) is 9.53. The molecule has 2 atom stereocenters. The van der Waals surface area contributed by atoms with Crippen molar-refractivity contribution in [3.8, 4) is 0 Å². The van der Waals surface area contributed by atoms with Crippen LogP contribution in [0.2, 0.25) is 5.02 Å². The molecule has 0 radical (unpaired) electrons. The van der Waals surface area contributed by atoms with Gasteiger partial charge >= 0.3 is 6.09 Å². The van der Waals surface area contributed by atoms with Gasteiger partial charge in [0.1, 0.15) is 5.60 Å². The molecular weight excluding hydrogens is 404 g/mol. The van der Waals surface area contributed by atoms with E-state index in [2.05, 4.69) is 0 Å². The van der Waals surface area contributed by atoms with Crippen molar-refractivity contribution >= 4 is 23.6 Å². The fourth-order valence-electron chi connectivity index (χ4n) is 4.76. The van der Waals surface area contributed by atoms with E-state index in [9.17, 15) is 9.59 Å². The van der Waals surface area contributed by atoms with Crippen LogP contribution < -0.4 is 0 Å². The van der Waals surface area contributed by atoms with E-state index in [0.29, 0.717) is 37.9 Å². The maximum absolute atomic E-state index is 13.0. The number of ether oxygens (including phenoxy) is 2. The largest absolute Gasteiger partial charge is 0.444 e. The maximum atomic E-state index is 13.0. The first kappa shape index (κ1) is 21.4. The zero-order chi connectivity index (χ0) is 21.5. The van der Waals surface area contributed by atoms with Gasteiger partial charge in [0, 0.05) is 31.3 Å². The van der Waals surface area contributed by atoms with Gasteiger partial charge in [-0.05, 0) is 75.3 Å². The number of carbonyl (C=O) groups excluding carboxylic acids is 2. The van der Waals surface area contributed by atoms with Gasteiger partial charge < -0.3 is 19.3 Å². The van der Waals surface area contributed by atoms with Crippen LogP contribution in [0.1, 0.15) is 62.8 Å². The van der Waals surface area contributed by atoms with Gasteiger partial charge in [-0.3, -0.25) is 4.79 Å². The van der Waals surface area contributed by atoms with Gasteiger partial charge in [0.15, 0.2) is 0 Å². The smallest absolute Gasteiger partial charge is 0.410 e. The molecule has 0 aliphatic carbocycles. The highest BCUT2D eigenvalue weighted by Gasteiger charge is 2.37. The van der Waals surface area contributed by atoms with Gasteiger partial charge in [-0.25, -0.2) is 4.79 Å². The Bertz CT molecular complexity index is 829. The lowest BCUT2D eigenvalue weighted by Crippen LogP contribution is -2.41. The molecule has 7 heteroatoms. The Balaban J connectivity index is 1.61. The zero-order valence-corrected chi connectivity index (χ0v) is 18.8. The summed E-state index contributed by atoms with van der Waals surface area (Å²) < 4.78 is 11.1. The Morgan fingerprint density at radius 3 is 2.70 bits per heavy atom. The van der Waals surface area contributed by atoms with Gasteiger partial charge in [-0.1, -0.05) is 11.6 Å². The third-order valence-electron chi connectivity index (χ3n) is 6.17. The molecule has 1 unspecified atom stereocenters. The van der Waals surface area contributed by atoms with Crippen molar-refractivity contribution in [3.63, 3.8) is 0 Å². The van der Waals surface area contributed by atoms with Crippen LogP contribution in [0.25, 0.3) is 0 Å². The summed E-state index contributed by atoms with van der Waals surface area (Å²) >= 11 is 6.46. The van der Waals surface area contributed by atoms with Gasteiger partial charge in [-0.2, -0.15) is 0 Å². The Hall–Kier alpha value is -1.79. The van der Waals surface area contributed by atoms with Crippen molar-refractivity contribution in [1.82, 2.24) is 9.80 Å². The summed E-state index contributed by atoms with van der Waals surface area (Å²) in [4.78, 5) is 29.6. The van der Waals surface area contributed by atoms with Gasteiger partial charge in [0.25, 0.3) is 0 Å². The first-order valence-corrected chi connectivity index (χ1v) is 11.3. The van der Waals surface area contributed by atoms with Gasteiger partial charge in [0.05, 0.1) is 18.6 Å². The van der Waals surface area contributed by atoms with E-state index in [4.69, 9.17) is 21.1 Å². The molecule has 0 N–H and O–H groups in total. The summed E-state index contributed by atoms with van der Waals surface area (Å²) in [6.07, 6.45) is 3.08. The Morgan fingerprint density at radius 1 is 1.20 bits per heavy atom. The highest BCUT2D eigenvalue weighted by molar-refractivity contribution is 6.30. The highest BCUT2D eigenvalue weighted by Crippen LogP contribution is 2.39. The molecule has 2 amide bonds. The standard InChI is InChI=1S/C23H31ClN2O4/c1-23(2,3)30-22(28)26-8-4-5-20(26)18-12-17(24)11-15-6-9-25(13-19(15)18)21(27)16-7-10-29-14-16/h11-12,16,20H,4-10,13-14H2,1-3H3/t16?,20-/m0/s1. The zero-order valence-electron chi connectivity index (χ0n) is 18.1. The van der Waals surface area contributed by atoms with Crippen LogP contribution in [0.4, 0.5) is 4.79 Å². The maximum Gasteiger partial charge on any atom is 0.410 e. The topological polar surface area (TPSA) is 59.1 Å². The third-order valence-corrected chi connectivity index (χ3v) is 6.39. The Kier molecular flexibility index (Phi) is 5.99. The number of benzene rings is 1. The number of hydrogen-bond acceptors (Lipinski definition) is 4. The number of amides is 2. The molecule has 0 bridgehead atoms. The van der Waals surface area contributed by atoms with E-state index < -0.39 is 5.60 Å². The summed E-state index contributed by atoms with van der Waals surface area (Å²) in [5, 5.41) is 0.684. The summed E-state index contributed by atoms with van der Waals surface area (Å²) in [5.41, 5.74) is 2.84. The van der Waals surface area contributed by atoms with Crippen LogP contribution in [0, 0.1) is 5.92 Å². The van der Waals surface area contributed by atoms with E-state index in [1.165, 1.54) is 5.56 Å². The van der Waals surface area contributed by atoms with E-state index in [0.717, 1.165) is 36.8 Å². The van der Waals surface area contributed by atoms with Gasteiger partial charge in [-0.15, -0.1) is 0 Å². The fraction of sp³-hybridized carbons (Fsp3) is 0.652. The SMILES string of the molecule is CC(C)(C)OC(=O)N1CCC[C@H]1c1cc(Cl)cc2c1CN(C(=O)C1CCOC1)CC2. The normalized spacial score (nSPS) is 24.1.